The SMILES string of the molecule is NOC(=O)/C=C/c1ccc2c(c1)CCN2Cc1ccc(N)cc1. The van der Waals surface area contributed by atoms with Crippen molar-refractivity contribution >= 4 is 23.4 Å². The van der Waals surface area contributed by atoms with Crippen molar-refractivity contribution in [1.82, 2.24) is 0 Å². The van der Waals surface area contributed by atoms with Crippen LogP contribution in [0.15, 0.2) is 48.5 Å². The third kappa shape index (κ3) is 3.52. The average molecular weight is 309 g/mol. The van der Waals surface area contributed by atoms with Gasteiger partial charge in [-0.2, -0.15) is 5.90 Å². The van der Waals surface area contributed by atoms with E-state index in [4.69, 9.17) is 11.6 Å². The number of anilines is 2. The molecule has 0 atom stereocenters. The van der Waals surface area contributed by atoms with Gasteiger partial charge in [-0.15, -0.1) is 0 Å². The zero-order chi connectivity index (χ0) is 16.2. The van der Waals surface area contributed by atoms with E-state index in [1.807, 2.05) is 18.2 Å². The van der Waals surface area contributed by atoms with Crippen molar-refractivity contribution in [3.05, 3.63) is 65.2 Å². The number of fused-ring (bicyclic) bond motifs is 1. The highest BCUT2D eigenvalue weighted by Crippen LogP contribution is 2.30. The van der Waals surface area contributed by atoms with Gasteiger partial charge in [0.25, 0.3) is 0 Å². The number of carbonyl (C=O) groups is 1. The van der Waals surface area contributed by atoms with Gasteiger partial charge in [-0.05, 0) is 53.5 Å². The first-order valence-electron chi connectivity index (χ1n) is 7.47. The summed E-state index contributed by atoms with van der Waals surface area (Å²) in [5.41, 5.74) is 11.2. The van der Waals surface area contributed by atoms with Crippen molar-refractivity contribution in [2.75, 3.05) is 17.2 Å². The number of hydrogen-bond acceptors (Lipinski definition) is 5. The molecule has 2 aromatic carbocycles. The Hall–Kier alpha value is -2.79. The summed E-state index contributed by atoms with van der Waals surface area (Å²) in [6.07, 6.45) is 4.02. The van der Waals surface area contributed by atoms with Gasteiger partial charge < -0.3 is 15.5 Å². The van der Waals surface area contributed by atoms with Crippen LogP contribution in [0, 0.1) is 0 Å². The third-order valence-electron chi connectivity index (χ3n) is 3.98. The maximum absolute atomic E-state index is 11.0. The zero-order valence-corrected chi connectivity index (χ0v) is 12.7. The van der Waals surface area contributed by atoms with Gasteiger partial charge in [0.15, 0.2) is 0 Å². The van der Waals surface area contributed by atoms with Crippen molar-refractivity contribution in [2.24, 2.45) is 5.90 Å². The summed E-state index contributed by atoms with van der Waals surface area (Å²) >= 11 is 0. The van der Waals surface area contributed by atoms with Crippen molar-refractivity contribution in [1.29, 1.82) is 0 Å². The maximum atomic E-state index is 11.0. The fraction of sp³-hybridized carbons (Fsp3) is 0.167. The van der Waals surface area contributed by atoms with Crippen LogP contribution in [-0.2, 0) is 22.6 Å². The molecular formula is C18H19N3O2. The highest BCUT2D eigenvalue weighted by atomic mass is 16.7. The van der Waals surface area contributed by atoms with Crippen LogP contribution in [-0.4, -0.2) is 12.5 Å². The summed E-state index contributed by atoms with van der Waals surface area (Å²) in [6, 6.07) is 14.1. The number of rotatable bonds is 4. The Morgan fingerprint density at radius 2 is 2.00 bits per heavy atom. The van der Waals surface area contributed by atoms with E-state index < -0.39 is 5.97 Å². The molecule has 118 valence electrons. The number of nitrogens with zero attached hydrogens (tertiary/aromatic N) is 1. The van der Waals surface area contributed by atoms with Gasteiger partial charge in [0.1, 0.15) is 0 Å². The van der Waals surface area contributed by atoms with E-state index in [1.165, 1.54) is 22.9 Å². The summed E-state index contributed by atoms with van der Waals surface area (Å²) in [4.78, 5) is 17.5. The smallest absolute Gasteiger partial charge is 0.349 e. The largest absolute Gasteiger partial charge is 0.399 e. The first-order valence-corrected chi connectivity index (χ1v) is 7.47. The number of hydrogen-bond donors (Lipinski definition) is 2. The number of nitrogens with two attached hydrogens (primary N) is 2. The summed E-state index contributed by atoms with van der Waals surface area (Å²) < 4.78 is 0. The molecule has 0 fully saturated rings. The minimum absolute atomic E-state index is 0.560. The van der Waals surface area contributed by atoms with E-state index in [9.17, 15) is 4.79 Å². The minimum Gasteiger partial charge on any atom is -0.399 e. The number of benzene rings is 2. The van der Waals surface area contributed by atoms with E-state index in [-0.39, 0.29) is 0 Å². The number of carbonyl (C=O) groups excluding carboxylic acids is 1. The van der Waals surface area contributed by atoms with Gasteiger partial charge in [0, 0.05) is 30.5 Å². The molecule has 0 bridgehead atoms. The Kier molecular flexibility index (Phi) is 4.30. The average Bonchev–Trinajstić information content (AvgIpc) is 2.97. The van der Waals surface area contributed by atoms with Gasteiger partial charge in [-0.3, -0.25) is 0 Å². The molecule has 4 N–H and O–H groups in total. The molecule has 0 saturated carbocycles. The van der Waals surface area contributed by atoms with Crippen LogP contribution < -0.4 is 16.5 Å². The van der Waals surface area contributed by atoms with Gasteiger partial charge in [0.05, 0.1) is 0 Å². The normalized spacial score (nSPS) is 13.3. The lowest BCUT2D eigenvalue weighted by atomic mass is 10.1. The third-order valence-corrected chi connectivity index (χ3v) is 3.98. The molecule has 5 nitrogen and oxygen atoms in total. The molecule has 1 aliphatic rings. The molecule has 0 saturated heterocycles. The van der Waals surface area contributed by atoms with Crippen LogP contribution in [0.5, 0.6) is 0 Å². The Morgan fingerprint density at radius 3 is 2.74 bits per heavy atom. The first-order chi connectivity index (χ1) is 11.2. The molecule has 2 aromatic rings. The quantitative estimate of drug-likeness (QED) is 0.514. The van der Waals surface area contributed by atoms with Gasteiger partial charge in [-0.25, -0.2) is 4.79 Å². The van der Waals surface area contributed by atoms with Gasteiger partial charge >= 0.3 is 5.97 Å². The van der Waals surface area contributed by atoms with Gasteiger partial charge in [0.2, 0.25) is 0 Å². The van der Waals surface area contributed by atoms with Crippen LogP contribution in [0.2, 0.25) is 0 Å². The molecule has 5 heteroatoms. The van der Waals surface area contributed by atoms with E-state index in [1.54, 1.807) is 6.08 Å². The lowest BCUT2D eigenvalue weighted by molar-refractivity contribution is -0.138. The standard InChI is InChI=1S/C18H19N3O2/c19-16-5-1-14(2-6-16)12-21-10-9-15-11-13(3-7-17(15)21)4-8-18(22)23-20/h1-8,11H,9-10,12,19-20H2/b8-4+. The highest BCUT2D eigenvalue weighted by Gasteiger charge is 2.19. The van der Waals surface area contributed by atoms with Crippen LogP contribution in [0.4, 0.5) is 11.4 Å². The fourth-order valence-electron chi connectivity index (χ4n) is 2.80. The molecule has 0 radical (unpaired) electrons. The van der Waals surface area contributed by atoms with Crippen molar-refractivity contribution in [3.63, 3.8) is 0 Å². The number of nitrogen functional groups attached to an aromatic ring is 1. The lowest BCUT2D eigenvalue weighted by Crippen LogP contribution is -2.19. The maximum Gasteiger partial charge on any atom is 0.349 e. The molecular weight excluding hydrogens is 290 g/mol. The molecule has 0 aromatic heterocycles. The van der Waals surface area contributed by atoms with Crippen LogP contribution in [0.25, 0.3) is 6.08 Å². The molecule has 0 amide bonds. The zero-order valence-electron chi connectivity index (χ0n) is 12.7. The summed E-state index contributed by atoms with van der Waals surface area (Å²) in [6.45, 7) is 1.85. The summed E-state index contributed by atoms with van der Waals surface area (Å²) in [5, 5.41) is 0. The second-order valence-corrected chi connectivity index (χ2v) is 5.57. The lowest BCUT2D eigenvalue weighted by Gasteiger charge is -2.19. The predicted molar refractivity (Wildman–Crippen MR) is 91.4 cm³/mol. The Labute approximate surface area is 135 Å². The summed E-state index contributed by atoms with van der Waals surface area (Å²) in [7, 11) is 0. The van der Waals surface area contributed by atoms with E-state index in [2.05, 4.69) is 34.0 Å². The topological polar surface area (TPSA) is 81.6 Å². The van der Waals surface area contributed by atoms with Crippen molar-refractivity contribution in [3.8, 4) is 0 Å². The van der Waals surface area contributed by atoms with Gasteiger partial charge in [-0.1, -0.05) is 18.2 Å². The van der Waals surface area contributed by atoms with Crippen LogP contribution in [0.3, 0.4) is 0 Å². The molecule has 0 spiro atoms. The minimum atomic E-state index is -0.560. The molecule has 1 aliphatic heterocycles. The second kappa shape index (κ2) is 6.54. The summed E-state index contributed by atoms with van der Waals surface area (Å²) in [5.74, 6) is 4.25. The molecule has 0 unspecified atom stereocenters. The van der Waals surface area contributed by atoms with Crippen LogP contribution >= 0.6 is 0 Å². The Balaban J connectivity index is 1.74. The molecule has 0 aliphatic carbocycles. The Morgan fingerprint density at radius 1 is 1.22 bits per heavy atom. The second-order valence-electron chi connectivity index (χ2n) is 5.57. The predicted octanol–water partition coefficient (Wildman–Crippen LogP) is 2.26. The molecule has 3 rings (SSSR count). The van der Waals surface area contributed by atoms with Crippen molar-refractivity contribution in [2.45, 2.75) is 13.0 Å². The first kappa shape index (κ1) is 15.1. The molecule has 23 heavy (non-hydrogen) atoms. The van der Waals surface area contributed by atoms with E-state index in [0.29, 0.717) is 0 Å². The van der Waals surface area contributed by atoms with Crippen molar-refractivity contribution < 1.29 is 9.63 Å². The van der Waals surface area contributed by atoms with E-state index >= 15 is 0 Å². The monoisotopic (exact) mass is 309 g/mol. The van der Waals surface area contributed by atoms with Crippen LogP contribution in [0.1, 0.15) is 16.7 Å². The van der Waals surface area contributed by atoms with E-state index in [0.717, 1.165) is 30.8 Å². The Bertz CT molecular complexity index is 738. The highest BCUT2D eigenvalue weighted by molar-refractivity contribution is 5.87. The molecule has 1 heterocycles. The fourth-order valence-corrected chi connectivity index (χ4v) is 2.80.